The van der Waals surface area contributed by atoms with E-state index in [1.165, 1.54) is 32.1 Å². The normalized spacial score (nSPS) is 21.4. The largest absolute Gasteiger partial charge is 0.397 e. The second-order valence-corrected chi connectivity index (χ2v) is 7.18. The van der Waals surface area contributed by atoms with Gasteiger partial charge in [-0.05, 0) is 26.7 Å². The number of rotatable bonds is 5. The van der Waals surface area contributed by atoms with Crippen molar-refractivity contribution in [3.8, 4) is 0 Å². The van der Waals surface area contributed by atoms with Crippen LogP contribution in [0.15, 0.2) is 0 Å². The summed E-state index contributed by atoms with van der Waals surface area (Å²) in [6, 6.07) is 0. The van der Waals surface area contributed by atoms with E-state index >= 15 is 0 Å². The number of hydrogen-bond acceptors (Lipinski definition) is 2. The standard InChI is InChI=1S/C11H24O2Si/c1-4-12-14(13-5-2)11(3)9-7-6-8-10-11/h14H,4-10H2,1-3H3. The van der Waals surface area contributed by atoms with Crippen molar-refractivity contribution in [2.75, 3.05) is 13.2 Å². The Labute approximate surface area is 89.8 Å². The minimum absolute atomic E-state index is 0.393. The van der Waals surface area contributed by atoms with Crippen LogP contribution in [0.1, 0.15) is 52.9 Å². The van der Waals surface area contributed by atoms with E-state index in [0.717, 1.165) is 13.2 Å². The first-order valence-corrected chi connectivity index (χ1v) is 7.48. The minimum atomic E-state index is -1.43. The predicted molar refractivity (Wildman–Crippen MR) is 61.9 cm³/mol. The lowest BCUT2D eigenvalue weighted by molar-refractivity contribution is 0.172. The first-order valence-electron chi connectivity index (χ1n) is 5.96. The molecule has 0 amide bonds. The lowest BCUT2D eigenvalue weighted by Gasteiger charge is -2.38. The molecule has 1 rings (SSSR count). The Balaban J connectivity index is 2.53. The average molecular weight is 216 g/mol. The van der Waals surface area contributed by atoms with Crippen molar-refractivity contribution in [3.05, 3.63) is 0 Å². The first kappa shape index (κ1) is 12.2. The van der Waals surface area contributed by atoms with Crippen LogP contribution in [0.3, 0.4) is 0 Å². The Kier molecular flexibility index (Phi) is 5.13. The Morgan fingerprint density at radius 3 is 1.93 bits per heavy atom. The summed E-state index contributed by atoms with van der Waals surface area (Å²) in [5, 5.41) is 0.393. The molecule has 0 heterocycles. The van der Waals surface area contributed by atoms with E-state index in [4.69, 9.17) is 8.85 Å². The molecule has 1 aliphatic carbocycles. The van der Waals surface area contributed by atoms with Crippen LogP contribution in [0, 0.1) is 0 Å². The van der Waals surface area contributed by atoms with Gasteiger partial charge in [0.05, 0.1) is 0 Å². The smallest absolute Gasteiger partial charge is 0.327 e. The SMILES string of the molecule is CCO[SiH](OCC)C1(C)CCCCC1. The third-order valence-corrected chi connectivity index (χ3v) is 6.19. The van der Waals surface area contributed by atoms with E-state index < -0.39 is 9.28 Å². The van der Waals surface area contributed by atoms with E-state index in [1.54, 1.807) is 0 Å². The minimum Gasteiger partial charge on any atom is -0.397 e. The van der Waals surface area contributed by atoms with Crippen molar-refractivity contribution in [3.63, 3.8) is 0 Å². The highest BCUT2D eigenvalue weighted by Gasteiger charge is 2.39. The van der Waals surface area contributed by atoms with E-state index in [-0.39, 0.29) is 0 Å². The Bertz CT molecular complexity index is 149. The molecule has 0 N–H and O–H groups in total. The van der Waals surface area contributed by atoms with Crippen LogP contribution in [0.4, 0.5) is 0 Å². The quantitative estimate of drug-likeness (QED) is 0.658. The first-order chi connectivity index (χ1) is 6.73. The molecule has 3 heteroatoms. The summed E-state index contributed by atoms with van der Waals surface area (Å²) in [5.41, 5.74) is 0. The van der Waals surface area contributed by atoms with Crippen LogP contribution < -0.4 is 0 Å². The van der Waals surface area contributed by atoms with Gasteiger partial charge in [0.15, 0.2) is 0 Å². The summed E-state index contributed by atoms with van der Waals surface area (Å²) in [7, 11) is -1.43. The van der Waals surface area contributed by atoms with E-state index in [2.05, 4.69) is 20.8 Å². The van der Waals surface area contributed by atoms with Gasteiger partial charge in [0.1, 0.15) is 0 Å². The summed E-state index contributed by atoms with van der Waals surface area (Å²) >= 11 is 0. The van der Waals surface area contributed by atoms with Crippen LogP contribution in [-0.4, -0.2) is 22.5 Å². The van der Waals surface area contributed by atoms with E-state index in [0.29, 0.717) is 5.04 Å². The molecule has 0 radical (unpaired) electrons. The van der Waals surface area contributed by atoms with E-state index in [9.17, 15) is 0 Å². The fraction of sp³-hybridized carbons (Fsp3) is 1.00. The third-order valence-electron chi connectivity index (χ3n) is 3.20. The monoisotopic (exact) mass is 216 g/mol. The Morgan fingerprint density at radius 2 is 1.50 bits per heavy atom. The molecule has 0 aromatic heterocycles. The molecule has 1 saturated carbocycles. The Morgan fingerprint density at radius 1 is 1.00 bits per heavy atom. The molecule has 0 aromatic rings. The van der Waals surface area contributed by atoms with Crippen molar-refractivity contribution < 1.29 is 8.85 Å². The van der Waals surface area contributed by atoms with Gasteiger partial charge in [-0.15, -0.1) is 0 Å². The third kappa shape index (κ3) is 3.07. The molecular weight excluding hydrogens is 192 g/mol. The highest BCUT2D eigenvalue weighted by Crippen LogP contribution is 2.45. The second kappa shape index (κ2) is 5.88. The molecule has 0 spiro atoms. The summed E-state index contributed by atoms with van der Waals surface area (Å²) in [5.74, 6) is 0. The molecule has 84 valence electrons. The molecule has 0 aromatic carbocycles. The van der Waals surface area contributed by atoms with Crippen LogP contribution in [0.5, 0.6) is 0 Å². The highest BCUT2D eigenvalue weighted by atomic mass is 28.3. The van der Waals surface area contributed by atoms with Gasteiger partial charge in [0.2, 0.25) is 0 Å². The topological polar surface area (TPSA) is 18.5 Å². The molecule has 0 aliphatic heterocycles. The van der Waals surface area contributed by atoms with Gasteiger partial charge < -0.3 is 8.85 Å². The molecule has 1 aliphatic rings. The van der Waals surface area contributed by atoms with Gasteiger partial charge in [0, 0.05) is 18.3 Å². The molecule has 14 heavy (non-hydrogen) atoms. The van der Waals surface area contributed by atoms with Crippen LogP contribution in [0.2, 0.25) is 5.04 Å². The molecular formula is C11H24O2Si. The highest BCUT2D eigenvalue weighted by molar-refractivity contribution is 6.48. The summed E-state index contributed by atoms with van der Waals surface area (Å²) in [6.45, 7) is 8.14. The molecule has 0 unspecified atom stereocenters. The lowest BCUT2D eigenvalue weighted by atomic mass is 9.90. The molecule has 2 nitrogen and oxygen atoms in total. The lowest BCUT2D eigenvalue weighted by Crippen LogP contribution is -2.38. The maximum atomic E-state index is 5.84. The zero-order valence-electron chi connectivity index (χ0n) is 9.84. The maximum absolute atomic E-state index is 5.84. The van der Waals surface area contributed by atoms with Gasteiger partial charge in [0.25, 0.3) is 0 Å². The van der Waals surface area contributed by atoms with Crippen molar-refractivity contribution in [2.24, 2.45) is 0 Å². The summed E-state index contributed by atoms with van der Waals surface area (Å²) in [6.07, 6.45) is 6.74. The average Bonchev–Trinajstić information content (AvgIpc) is 2.19. The molecule has 0 bridgehead atoms. The second-order valence-electron chi connectivity index (χ2n) is 4.46. The van der Waals surface area contributed by atoms with Crippen LogP contribution in [-0.2, 0) is 8.85 Å². The summed E-state index contributed by atoms with van der Waals surface area (Å²) in [4.78, 5) is 0. The molecule has 0 atom stereocenters. The van der Waals surface area contributed by atoms with Gasteiger partial charge in [-0.3, -0.25) is 0 Å². The molecule has 1 fully saturated rings. The van der Waals surface area contributed by atoms with Gasteiger partial charge >= 0.3 is 9.28 Å². The van der Waals surface area contributed by atoms with Gasteiger partial charge in [-0.2, -0.15) is 0 Å². The van der Waals surface area contributed by atoms with E-state index in [1.807, 2.05) is 0 Å². The maximum Gasteiger partial charge on any atom is 0.327 e. The number of hydrogen-bond donors (Lipinski definition) is 0. The van der Waals surface area contributed by atoms with Crippen molar-refractivity contribution in [1.29, 1.82) is 0 Å². The zero-order valence-corrected chi connectivity index (χ0v) is 11.0. The van der Waals surface area contributed by atoms with Crippen molar-refractivity contribution in [1.82, 2.24) is 0 Å². The summed E-state index contributed by atoms with van der Waals surface area (Å²) < 4.78 is 11.7. The zero-order chi connectivity index (χ0) is 10.4. The molecule has 0 saturated heterocycles. The fourth-order valence-electron chi connectivity index (χ4n) is 2.35. The Hall–Kier alpha value is 0.137. The van der Waals surface area contributed by atoms with Gasteiger partial charge in [-0.25, -0.2) is 0 Å². The van der Waals surface area contributed by atoms with Crippen molar-refractivity contribution in [2.45, 2.75) is 57.9 Å². The van der Waals surface area contributed by atoms with Crippen LogP contribution in [0.25, 0.3) is 0 Å². The fourth-order valence-corrected chi connectivity index (χ4v) is 4.73. The predicted octanol–water partition coefficient (Wildman–Crippen LogP) is 3.00. The van der Waals surface area contributed by atoms with Crippen LogP contribution >= 0.6 is 0 Å². The van der Waals surface area contributed by atoms with Crippen molar-refractivity contribution >= 4 is 9.28 Å². The van der Waals surface area contributed by atoms with Gasteiger partial charge in [-0.1, -0.05) is 26.2 Å².